The zero-order valence-electron chi connectivity index (χ0n) is 10.6. The first-order chi connectivity index (χ1) is 8.51. The molecule has 18 heavy (non-hydrogen) atoms. The molecule has 4 nitrogen and oxygen atoms in total. The van der Waals surface area contributed by atoms with Crippen LogP contribution in [0.4, 0.5) is 5.69 Å². The third-order valence-electron chi connectivity index (χ3n) is 3.59. The first-order valence-corrected chi connectivity index (χ1v) is 5.83. The molecule has 2 aromatic rings. The first kappa shape index (κ1) is 11.0. The fraction of sp³-hybridized carbons (Fsp3) is 0.286. The Kier molecular flexibility index (Phi) is 2.11. The second-order valence-corrected chi connectivity index (χ2v) is 5.09. The van der Waals surface area contributed by atoms with Crippen molar-refractivity contribution in [1.82, 2.24) is 4.98 Å². The molecule has 0 spiro atoms. The minimum absolute atomic E-state index is 0.118. The maximum Gasteiger partial charge on any atom is 0.236 e. The molecular formula is C14H14N2O2. The summed E-state index contributed by atoms with van der Waals surface area (Å²) >= 11 is 0. The summed E-state index contributed by atoms with van der Waals surface area (Å²) in [4.78, 5) is 17.8. The first-order valence-electron chi connectivity index (χ1n) is 5.83. The number of carbonyl (C=O) groups is 1. The second kappa shape index (κ2) is 3.45. The molecule has 1 aromatic carbocycles. The van der Waals surface area contributed by atoms with Crippen LogP contribution in [0, 0.1) is 0 Å². The molecule has 0 saturated carbocycles. The summed E-state index contributed by atoms with van der Waals surface area (Å²) in [7, 11) is 1.81. The molecule has 0 bridgehead atoms. The van der Waals surface area contributed by atoms with Crippen LogP contribution in [0.2, 0.25) is 0 Å². The molecule has 3 rings (SSSR count). The van der Waals surface area contributed by atoms with Crippen LogP contribution in [0.25, 0.3) is 11.3 Å². The lowest BCUT2D eigenvalue weighted by atomic mass is 9.86. The number of carbonyl (C=O) groups excluding carboxylic acids is 1. The van der Waals surface area contributed by atoms with Gasteiger partial charge < -0.3 is 9.32 Å². The van der Waals surface area contributed by atoms with Crippen molar-refractivity contribution in [3.8, 4) is 11.3 Å². The number of rotatable bonds is 1. The molecule has 1 aliphatic rings. The Bertz CT molecular complexity index is 615. The zero-order valence-corrected chi connectivity index (χ0v) is 10.6. The van der Waals surface area contributed by atoms with E-state index in [9.17, 15) is 4.79 Å². The van der Waals surface area contributed by atoms with E-state index in [0.717, 1.165) is 16.8 Å². The molecule has 92 valence electrons. The van der Waals surface area contributed by atoms with E-state index >= 15 is 0 Å². The van der Waals surface area contributed by atoms with E-state index in [1.165, 1.54) is 6.39 Å². The van der Waals surface area contributed by atoms with Crippen LogP contribution in [0.5, 0.6) is 0 Å². The van der Waals surface area contributed by atoms with Crippen molar-refractivity contribution < 1.29 is 9.21 Å². The fourth-order valence-electron chi connectivity index (χ4n) is 2.49. The summed E-state index contributed by atoms with van der Waals surface area (Å²) in [6.45, 7) is 3.90. The molecule has 0 N–H and O–H groups in total. The number of aromatic nitrogens is 1. The summed E-state index contributed by atoms with van der Waals surface area (Å²) in [5.74, 6) is 0.829. The van der Waals surface area contributed by atoms with Gasteiger partial charge in [-0.05, 0) is 25.5 Å². The maximum absolute atomic E-state index is 12.2. The van der Waals surface area contributed by atoms with Gasteiger partial charge >= 0.3 is 0 Å². The molecule has 0 atom stereocenters. The lowest BCUT2D eigenvalue weighted by Gasteiger charge is -2.16. The third kappa shape index (κ3) is 1.32. The van der Waals surface area contributed by atoms with Gasteiger partial charge in [-0.3, -0.25) is 4.79 Å². The molecule has 1 aliphatic heterocycles. The average Bonchev–Trinajstić information content (AvgIpc) is 2.94. The van der Waals surface area contributed by atoms with Gasteiger partial charge in [-0.2, -0.15) is 0 Å². The molecule has 0 aliphatic carbocycles. The summed E-state index contributed by atoms with van der Waals surface area (Å²) in [6.07, 6.45) is 3.07. The number of anilines is 1. The fourth-order valence-corrected chi connectivity index (χ4v) is 2.49. The topological polar surface area (TPSA) is 46.3 Å². The second-order valence-electron chi connectivity index (χ2n) is 5.09. The Morgan fingerprint density at radius 1 is 1.33 bits per heavy atom. The number of nitrogens with zero attached hydrogens (tertiary/aromatic N) is 2. The summed E-state index contributed by atoms with van der Waals surface area (Å²) < 4.78 is 5.28. The molecular weight excluding hydrogens is 228 g/mol. The monoisotopic (exact) mass is 242 g/mol. The maximum atomic E-state index is 12.2. The Labute approximate surface area is 105 Å². The van der Waals surface area contributed by atoms with Crippen LogP contribution in [-0.2, 0) is 10.2 Å². The van der Waals surface area contributed by atoms with Gasteiger partial charge in [0.15, 0.2) is 12.2 Å². The lowest BCUT2D eigenvalue weighted by Crippen LogP contribution is -2.33. The number of amides is 1. The lowest BCUT2D eigenvalue weighted by molar-refractivity contribution is -0.121. The van der Waals surface area contributed by atoms with Gasteiger partial charge in [-0.1, -0.05) is 12.1 Å². The largest absolute Gasteiger partial charge is 0.444 e. The van der Waals surface area contributed by atoms with E-state index in [1.54, 1.807) is 18.1 Å². The van der Waals surface area contributed by atoms with Crippen LogP contribution in [0.1, 0.15) is 19.4 Å². The highest BCUT2D eigenvalue weighted by Gasteiger charge is 2.42. The van der Waals surface area contributed by atoms with E-state index in [2.05, 4.69) is 4.98 Å². The van der Waals surface area contributed by atoms with Gasteiger partial charge in [-0.25, -0.2) is 4.98 Å². The normalized spacial score (nSPS) is 17.1. The number of hydrogen-bond acceptors (Lipinski definition) is 3. The minimum atomic E-state index is -0.454. The molecule has 0 unspecified atom stereocenters. The predicted molar refractivity (Wildman–Crippen MR) is 68.4 cm³/mol. The van der Waals surface area contributed by atoms with Crippen LogP contribution < -0.4 is 4.90 Å². The quantitative estimate of drug-likeness (QED) is 0.772. The predicted octanol–water partition coefficient (Wildman–Crippen LogP) is 2.60. The van der Waals surface area contributed by atoms with Gasteiger partial charge in [0.05, 0.1) is 11.6 Å². The Hall–Kier alpha value is -2.10. The van der Waals surface area contributed by atoms with Crippen molar-refractivity contribution in [2.24, 2.45) is 0 Å². The van der Waals surface area contributed by atoms with Gasteiger partial charge in [0.1, 0.15) is 0 Å². The molecule has 0 radical (unpaired) electrons. The van der Waals surface area contributed by atoms with Crippen LogP contribution in [0.15, 0.2) is 35.2 Å². The standard InChI is InChI=1S/C14H14N2O2/c1-14(2)10-5-4-9(12-7-15-8-18-12)6-11(10)16(3)13(14)17/h4-8H,1-3H3. The van der Waals surface area contributed by atoms with E-state index < -0.39 is 5.41 Å². The van der Waals surface area contributed by atoms with E-state index in [-0.39, 0.29) is 5.91 Å². The van der Waals surface area contributed by atoms with E-state index in [0.29, 0.717) is 5.76 Å². The van der Waals surface area contributed by atoms with E-state index in [4.69, 9.17) is 4.42 Å². The smallest absolute Gasteiger partial charge is 0.236 e. The number of hydrogen-bond donors (Lipinski definition) is 0. The average molecular weight is 242 g/mol. The Morgan fingerprint density at radius 2 is 2.11 bits per heavy atom. The third-order valence-corrected chi connectivity index (χ3v) is 3.59. The van der Waals surface area contributed by atoms with Crippen LogP contribution in [0.3, 0.4) is 0 Å². The molecule has 4 heteroatoms. The van der Waals surface area contributed by atoms with Crippen molar-refractivity contribution in [1.29, 1.82) is 0 Å². The van der Waals surface area contributed by atoms with Crippen LogP contribution >= 0.6 is 0 Å². The Morgan fingerprint density at radius 3 is 2.78 bits per heavy atom. The highest BCUT2D eigenvalue weighted by atomic mass is 16.3. The minimum Gasteiger partial charge on any atom is -0.444 e. The van der Waals surface area contributed by atoms with Crippen molar-refractivity contribution in [2.45, 2.75) is 19.3 Å². The number of likely N-dealkylation sites (N-methyl/N-ethyl adjacent to an activating group) is 1. The molecule has 0 fully saturated rings. The van der Waals surface area contributed by atoms with Crippen molar-refractivity contribution >= 4 is 11.6 Å². The van der Waals surface area contributed by atoms with Crippen molar-refractivity contribution in [3.05, 3.63) is 36.4 Å². The van der Waals surface area contributed by atoms with Crippen molar-refractivity contribution in [2.75, 3.05) is 11.9 Å². The van der Waals surface area contributed by atoms with Gasteiger partial charge in [0.25, 0.3) is 0 Å². The van der Waals surface area contributed by atoms with Crippen molar-refractivity contribution in [3.63, 3.8) is 0 Å². The summed E-state index contributed by atoms with van der Waals surface area (Å²) in [5, 5.41) is 0. The van der Waals surface area contributed by atoms with Gasteiger partial charge in [0.2, 0.25) is 5.91 Å². The molecule has 2 heterocycles. The summed E-state index contributed by atoms with van der Waals surface area (Å²) in [5.41, 5.74) is 2.48. The SMILES string of the molecule is CN1C(=O)C(C)(C)c2ccc(-c3cnco3)cc21. The van der Waals surface area contributed by atoms with Crippen LogP contribution in [-0.4, -0.2) is 17.9 Å². The van der Waals surface area contributed by atoms with Gasteiger partial charge in [0, 0.05) is 18.3 Å². The Balaban J connectivity index is 2.17. The highest BCUT2D eigenvalue weighted by Crippen LogP contribution is 2.42. The van der Waals surface area contributed by atoms with Gasteiger partial charge in [-0.15, -0.1) is 0 Å². The number of oxazole rings is 1. The zero-order chi connectivity index (χ0) is 12.9. The van der Waals surface area contributed by atoms with E-state index in [1.807, 2.05) is 32.0 Å². The highest BCUT2D eigenvalue weighted by molar-refractivity contribution is 6.07. The summed E-state index contributed by atoms with van der Waals surface area (Å²) in [6, 6.07) is 5.94. The molecule has 1 amide bonds. The number of fused-ring (bicyclic) bond motifs is 1. The molecule has 1 aromatic heterocycles. The molecule has 0 saturated heterocycles. The number of benzene rings is 1.